The lowest BCUT2D eigenvalue weighted by atomic mass is 9.89. The fourth-order valence-electron chi connectivity index (χ4n) is 4.17. The average Bonchev–Trinajstić information content (AvgIpc) is 3.18. The van der Waals surface area contributed by atoms with Gasteiger partial charge in [-0.3, -0.25) is 9.36 Å². The maximum Gasteiger partial charge on any atom is 0.209 e. The summed E-state index contributed by atoms with van der Waals surface area (Å²) in [5.41, 5.74) is 4.95. The van der Waals surface area contributed by atoms with Gasteiger partial charge in [-0.05, 0) is 25.1 Å². The molecule has 5 heteroatoms. The molecule has 0 aliphatic carbocycles. The number of aromatic nitrogens is 2. The fourth-order valence-corrected chi connectivity index (χ4v) is 4.17. The summed E-state index contributed by atoms with van der Waals surface area (Å²) in [4.78, 5) is 18.5. The van der Waals surface area contributed by atoms with E-state index < -0.39 is 0 Å². The van der Waals surface area contributed by atoms with Crippen LogP contribution in [0.25, 0.3) is 16.7 Å². The van der Waals surface area contributed by atoms with Crippen molar-refractivity contribution in [1.82, 2.24) is 9.55 Å². The Morgan fingerprint density at radius 3 is 2.47 bits per heavy atom. The lowest BCUT2D eigenvalue weighted by Crippen LogP contribution is -2.27. The Balaban J connectivity index is 1.77. The number of hydrogen-bond donors (Lipinski definition) is 1. The van der Waals surface area contributed by atoms with Crippen LogP contribution in [0.2, 0.25) is 0 Å². The lowest BCUT2D eigenvalue weighted by Gasteiger charge is -2.30. The van der Waals surface area contributed by atoms with Crippen LogP contribution < -0.4 is 10.1 Å². The summed E-state index contributed by atoms with van der Waals surface area (Å²) in [6.45, 7) is 1.98. The van der Waals surface area contributed by atoms with Gasteiger partial charge in [-0.1, -0.05) is 60.7 Å². The second-order valence-corrected chi connectivity index (χ2v) is 7.27. The summed E-state index contributed by atoms with van der Waals surface area (Å²) in [6.07, 6.45) is 0. The lowest BCUT2D eigenvalue weighted by molar-refractivity contribution is 0.102. The first-order chi connectivity index (χ1) is 14.7. The van der Waals surface area contributed by atoms with Crippen molar-refractivity contribution in [2.24, 2.45) is 0 Å². The Morgan fingerprint density at radius 2 is 1.67 bits per heavy atom. The second-order valence-electron chi connectivity index (χ2n) is 7.27. The molecule has 0 radical (unpaired) electrons. The second kappa shape index (κ2) is 7.19. The SMILES string of the molecule is COc1ccccc1[C@@H]1Nc2nc3ccccc3n2C(C)=C1C(=O)c1ccccc1. The first-order valence-electron chi connectivity index (χ1n) is 9.87. The number of nitrogens with zero attached hydrogens (tertiary/aromatic N) is 2. The molecule has 1 atom stereocenters. The summed E-state index contributed by atoms with van der Waals surface area (Å²) in [6, 6.07) is 24.7. The van der Waals surface area contributed by atoms with E-state index in [1.807, 2.05) is 90.4 Å². The van der Waals surface area contributed by atoms with E-state index >= 15 is 0 Å². The van der Waals surface area contributed by atoms with E-state index in [1.54, 1.807) is 7.11 Å². The molecule has 0 saturated carbocycles. The van der Waals surface area contributed by atoms with Crippen LogP contribution in [0.3, 0.4) is 0 Å². The molecule has 2 heterocycles. The van der Waals surface area contributed by atoms with Gasteiger partial charge in [0.05, 0.1) is 24.2 Å². The molecule has 0 spiro atoms. The van der Waals surface area contributed by atoms with Crippen LogP contribution in [0.15, 0.2) is 84.4 Å². The van der Waals surface area contributed by atoms with Crippen molar-refractivity contribution in [3.8, 4) is 5.75 Å². The van der Waals surface area contributed by atoms with Crippen molar-refractivity contribution in [2.45, 2.75) is 13.0 Å². The number of carbonyl (C=O) groups is 1. The van der Waals surface area contributed by atoms with Gasteiger partial charge in [0, 0.05) is 22.4 Å². The summed E-state index contributed by atoms with van der Waals surface area (Å²) in [7, 11) is 1.65. The number of para-hydroxylation sites is 3. The minimum absolute atomic E-state index is 0.0139. The Bertz CT molecular complexity index is 1290. The number of rotatable bonds is 4. The molecule has 0 unspecified atom stereocenters. The highest BCUT2D eigenvalue weighted by Gasteiger charge is 2.34. The molecular weight excluding hydrogens is 374 g/mol. The van der Waals surface area contributed by atoms with E-state index in [1.165, 1.54) is 0 Å². The Morgan fingerprint density at radius 1 is 0.967 bits per heavy atom. The number of anilines is 1. The Kier molecular flexibility index (Phi) is 4.36. The van der Waals surface area contributed by atoms with Crippen molar-refractivity contribution in [3.63, 3.8) is 0 Å². The highest BCUT2D eigenvalue weighted by Crippen LogP contribution is 2.42. The first kappa shape index (κ1) is 18.2. The minimum Gasteiger partial charge on any atom is -0.496 e. The quantitative estimate of drug-likeness (QED) is 0.475. The van der Waals surface area contributed by atoms with Crippen molar-refractivity contribution < 1.29 is 9.53 Å². The first-order valence-corrected chi connectivity index (χ1v) is 9.87. The number of Topliss-reactive ketones (excluding diaryl/α,β-unsaturated/α-hetero) is 1. The number of hydrogen-bond acceptors (Lipinski definition) is 4. The van der Waals surface area contributed by atoms with Gasteiger partial charge < -0.3 is 10.1 Å². The van der Waals surface area contributed by atoms with Gasteiger partial charge in [0.2, 0.25) is 5.95 Å². The molecule has 0 saturated heterocycles. The predicted molar refractivity (Wildman–Crippen MR) is 119 cm³/mol. The van der Waals surface area contributed by atoms with E-state index in [9.17, 15) is 4.79 Å². The number of fused-ring (bicyclic) bond motifs is 3. The van der Waals surface area contributed by atoms with E-state index in [2.05, 4.69) is 5.32 Å². The van der Waals surface area contributed by atoms with E-state index in [-0.39, 0.29) is 11.8 Å². The largest absolute Gasteiger partial charge is 0.496 e. The normalized spacial score (nSPS) is 15.6. The standard InChI is InChI=1S/C25H21N3O2/c1-16-22(24(29)17-10-4-3-5-11-17)23(18-12-6-9-15-21(18)30-2)27-25-26-19-13-7-8-14-20(19)28(16)25/h3-15,23H,1-2H3,(H,26,27)/t23-/m0/s1. The number of carbonyl (C=O) groups excluding carboxylic acids is 1. The van der Waals surface area contributed by atoms with Gasteiger partial charge in [0.15, 0.2) is 5.78 Å². The van der Waals surface area contributed by atoms with Crippen molar-refractivity contribution in [2.75, 3.05) is 12.4 Å². The molecule has 5 rings (SSSR count). The van der Waals surface area contributed by atoms with E-state index in [4.69, 9.17) is 9.72 Å². The third-order valence-corrected chi connectivity index (χ3v) is 5.58. The van der Waals surface area contributed by atoms with Crippen LogP contribution in [0.1, 0.15) is 28.9 Å². The van der Waals surface area contributed by atoms with Crippen molar-refractivity contribution in [1.29, 1.82) is 0 Å². The molecule has 148 valence electrons. The molecule has 5 nitrogen and oxygen atoms in total. The van der Waals surface area contributed by atoms with Crippen LogP contribution in [0.4, 0.5) is 5.95 Å². The summed E-state index contributed by atoms with van der Waals surface area (Å²) < 4.78 is 7.64. The van der Waals surface area contributed by atoms with Gasteiger partial charge in [0.25, 0.3) is 0 Å². The van der Waals surface area contributed by atoms with Crippen molar-refractivity contribution >= 4 is 28.5 Å². The van der Waals surface area contributed by atoms with Gasteiger partial charge >= 0.3 is 0 Å². The maximum atomic E-state index is 13.7. The molecule has 30 heavy (non-hydrogen) atoms. The molecule has 0 amide bonds. The smallest absolute Gasteiger partial charge is 0.209 e. The molecule has 0 fully saturated rings. The van der Waals surface area contributed by atoms with Crippen LogP contribution in [-0.4, -0.2) is 22.4 Å². The number of nitrogens with one attached hydrogen (secondary N) is 1. The monoisotopic (exact) mass is 395 g/mol. The van der Waals surface area contributed by atoms with Crippen LogP contribution >= 0.6 is 0 Å². The third kappa shape index (κ3) is 2.78. The zero-order valence-corrected chi connectivity index (χ0v) is 16.8. The summed E-state index contributed by atoms with van der Waals surface area (Å²) >= 11 is 0. The predicted octanol–water partition coefficient (Wildman–Crippen LogP) is 5.33. The molecule has 4 aromatic rings. The van der Waals surface area contributed by atoms with Gasteiger partial charge in [-0.2, -0.15) is 0 Å². The third-order valence-electron chi connectivity index (χ3n) is 5.58. The highest BCUT2D eigenvalue weighted by atomic mass is 16.5. The van der Waals surface area contributed by atoms with Crippen molar-refractivity contribution in [3.05, 3.63) is 95.6 Å². The van der Waals surface area contributed by atoms with Crippen LogP contribution in [-0.2, 0) is 0 Å². The number of allylic oxidation sites excluding steroid dienone is 1. The highest BCUT2D eigenvalue weighted by molar-refractivity contribution is 6.14. The van der Waals surface area contributed by atoms with Gasteiger partial charge in [-0.25, -0.2) is 4.98 Å². The Labute approximate surface area is 174 Å². The topological polar surface area (TPSA) is 56.1 Å². The molecular formula is C25H21N3O2. The van der Waals surface area contributed by atoms with Gasteiger partial charge in [-0.15, -0.1) is 0 Å². The fraction of sp³-hybridized carbons (Fsp3) is 0.120. The average molecular weight is 395 g/mol. The van der Waals surface area contributed by atoms with E-state index in [0.29, 0.717) is 17.1 Å². The number of imidazole rings is 1. The van der Waals surface area contributed by atoms with Crippen LogP contribution in [0, 0.1) is 0 Å². The molecule has 1 aromatic heterocycles. The number of ether oxygens (including phenoxy) is 1. The number of methoxy groups -OCH3 is 1. The molecule has 0 bridgehead atoms. The minimum atomic E-state index is -0.377. The summed E-state index contributed by atoms with van der Waals surface area (Å²) in [5.74, 6) is 1.43. The zero-order valence-electron chi connectivity index (χ0n) is 16.8. The Hall–Kier alpha value is -3.86. The summed E-state index contributed by atoms with van der Waals surface area (Å²) in [5, 5.41) is 3.50. The van der Waals surface area contributed by atoms with Crippen LogP contribution in [0.5, 0.6) is 5.75 Å². The number of ketones is 1. The molecule has 1 aliphatic rings. The van der Waals surface area contributed by atoms with Gasteiger partial charge in [0.1, 0.15) is 5.75 Å². The molecule has 1 aliphatic heterocycles. The molecule has 1 N–H and O–H groups in total. The zero-order chi connectivity index (χ0) is 20.7. The number of benzene rings is 3. The maximum absolute atomic E-state index is 13.7. The molecule has 3 aromatic carbocycles. The van der Waals surface area contributed by atoms with E-state index in [0.717, 1.165) is 28.0 Å².